The Morgan fingerprint density at radius 2 is 1.90 bits per heavy atom. The van der Waals surface area contributed by atoms with E-state index >= 15 is 0 Å². The molecule has 0 aliphatic carbocycles. The van der Waals surface area contributed by atoms with Gasteiger partial charge in [-0.3, -0.25) is 9.58 Å². The SMILES string of the molecule is CC1CCOc2c(cnn2C)-c2nccc(n2)Nc2cc3c(cn2)c(-c2ccc(CN4CCN(C)CC4)o2)nn31. The van der Waals surface area contributed by atoms with Crippen molar-refractivity contribution in [1.82, 2.24) is 44.3 Å². The van der Waals surface area contributed by atoms with Crippen LogP contribution in [-0.4, -0.2) is 84.1 Å². The van der Waals surface area contributed by atoms with Crippen LogP contribution in [-0.2, 0) is 13.6 Å². The number of nitrogens with one attached hydrogen (secondary N) is 1. The van der Waals surface area contributed by atoms with Crippen LogP contribution in [0.1, 0.15) is 25.1 Å². The first kappa shape index (κ1) is 24.7. The van der Waals surface area contributed by atoms with Gasteiger partial charge in [0.05, 0.1) is 30.9 Å². The van der Waals surface area contributed by atoms with Crippen molar-refractivity contribution in [3.05, 3.63) is 48.6 Å². The molecule has 2 aliphatic heterocycles. The molecule has 12 nitrogen and oxygen atoms in total. The van der Waals surface area contributed by atoms with Crippen LogP contribution in [0.4, 0.5) is 11.6 Å². The quantitative estimate of drug-likeness (QED) is 0.363. The third-order valence-corrected chi connectivity index (χ3v) is 7.69. The van der Waals surface area contributed by atoms with Gasteiger partial charge >= 0.3 is 0 Å². The minimum absolute atomic E-state index is 0.0555. The van der Waals surface area contributed by atoms with Gasteiger partial charge in [0.2, 0.25) is 5.88 Å². The second kappa shape index (κ2) is 10.0. The molecule has 0 amide bonds. The van der Waals surface area contributed by atoms with Crippen LogP contribution in [0.2, 0.25) is 0 Å². The Morgan fingerprint density at radius 3 is 2.77 bits per heavy atom. The molecule has 1 atom stereocenters. The number of ether oxygens (including phenoxy) is 1. The summed E-state index contributed by atoms with van der Waals surface area (Å²) in [7, 11) is 4.02. The number of nitrogens with zero attached hydrogens (tertiary/aromatic N) is 9. The number of hydrogen-bond acceptors (Lipinski definition) is 10. The zero-order chi connectivity index (χ0) is 27.2. The second-order valence-corrected chi connectivity index (χ2v) is 10.6. The molecule has 1 saturated heterocycles. The number of piperazine rings is 1. The van der Waals surface area contributed by atoms with Gasteiger partial charge in [0.15, 0.2) is 11.6 Å². The molecule has 4 bridgehead atoms. The van der Waals surface area contributed by atoms with Crippen molar-refractivity contribution in [3.63, 3.8) is 0 Å². The van der Waals surface area contributed by atoms with Crippen molar-refractivity contribution >= 4 is 22.5 Å². The molecule has 2 aliphatic rings. The maximum Gasteiger partial charge on any atom is 0.222 e. The van der Waals surface area contributed by atoms with Gasteiger partial charge in [-0.15, -0.1) is 0 Å². The second-order valence-electron chi connectivity index (χ2n) is 10.6. The van der Waals surface area contributed by atoms with Crippen LogP contribution in [0.15, 0.2) is 47.3 Å². The summed E-state index contributed by atoms with van der Waals surface area (Å²) in [6.45, 7) is 7.65. The van der Waals surface area contributed by atoms with Gasteiger partial charge in [0.25, 0.3) is 0 Å². The van der Waals surface area contributed by atoms with Gasteiger partial charge in [-0.1, -0.05) is 0 Å². The van der Waals surface area contributed by atoms with Crippen LogP contribution in [0.25, 0.3) is 33.7 Å². The summed E-state index contributed by atoms with van der Waals surface area (Å²) >= 11 is 0. The molecular weight excluding hydrogens is 508 g/mol. The van der Waals surface area contributed by atoms with Crippen molar-refractivity contribution in [2.75, 3.05) is 45.2 Å². The van der Waals surface area contributed by atoms with Crippen LogP contribution >= 0.6 is 0 Å². The highest BCUT2D eigenvalue weighted by atomic mass is 16.5. The highest BCUT2D eigenvalue weighted by molar-refractivity contribution is 5.93. The van der Waals surface area contributed by atoms with E-state index in [4.69, 9.17) is 24.2 Å². The van der Waals surface area contributed by atoms with Gasteiger partial charge in [-0.25, -0.2) is 19.6 Å². The molecule has 12 heteroatoms. The summed E-state index contributed by atoms with van der Waals surface area (Å²) in [6.07, 6.45) is 6.04. The third-order valence-electron chi connectivity index (χ3n) is 7.69. The number of likely N-dealkylation sites (N-methyl/N-ethyl adjacent to an activating group) is 1. The van der Waals surface area contributed by atoms with Gasteiger partial charge in [0.1, 0.15) is 28.7 Å². The molecule has 0 aromatic carbocycles. The van der Waals surface area contributed by atoms with Gasteiger partial charge in [-0.05, 0) is 32.2 Å². The fraction of sp³-hybridized carbons (Fsp3) is 0.393. The fourth-order valence-corrected chi connectivity index (χ4v) is 5.32. The Hall–Kier alpha value is -4.29. The topological polar surface area (TPSA) is 115 Å². The Morgan fingerprint density at radius 1 is 1.02 bits per heavy atom. The lowest BCUT2D eigenvalue weighted by molar-refractivity contribution is 0.140. The summed E-state index contributed by atoms with van der Waals surface area (Å²) in [5, 5.41) is 13.7. The number of aryl methyl sites for hydroxylation is 1. The zero-order valence-electron chi connectivity index (χ0n) is 22.9. The maximum atomic E-state index is 6.35. The van der Waals surface area contributed by atoms with Crippen molar-refractivity contribution in [3.8, 4) is 28.7 Å². The van der Waals surface area contributed by atoms with Crippen LogP contribution in [0.5, 0.6) is 5.88 Å². The number of fused-ring (bicyclic) bond motifs is 5. The standard InChI is InChI=1S/C28H32N10O2/c1-18-7-13-39-28-21(16-31-36(28)3)27-29-8-6-24(33-27)32-25-14-22-20(15-30-25)26(34-38(18)22)23-5-4-19(40-23)17-37-11-9-35(2)10-12-37/h4-6,8,14-16,18H,7,9-13,17H2,1-3H3,(H,29,30,32,33). The molecule has 5 aromatic heterocycles. The molecule has 1 fully saturated rings. The number of hydrogen-bond donors (Lipinski definition) is 1. The number of anilines is 2. The number of pyridine rings is 1. The fourth-order valence-electron chi connectivity index (χ4n) is 5.32. The minimum atomic E-state index is 0.0555. The van der Waals surface area contributed by atoms with Crippen molar-refractivity contribution in [2.45, 2.75) is 25.9 Å². The van der Waals surface area contributed by atoms with E-state index in [1.165, 1.54) is 0 Å². The molecule has 5 aromatic rings. The number of rotatable bonds is 3. The van der Waals surface area contributed by atoms with Crippen molar-refractivity contribution < 1.29 is 9.15 Å². The van der Waals surface area contributed by atoms with Crippen LogP contribution < -0.4 is 10.1 Å². The normalized spacial score (nSPS) is 18.3. The minimum Gasteiger partial charge on any atom is -0.477 e. The van der Waals surface area contributed by atoms with E-state index in [2.05, 4.69) is 45.2 Å². The molecule has 0 radical (unpaired) electrons. The Labute approximate surface area is 231 Å². The van der Waals surface area contributed by atoms with E-state index < -0.39 is 0 Å². The summed E-state index contributed by atoms with van der Waals surface area (Å²) in [5.74, 6) is 4.16. The Bertz CT molecular complexity index is 1660. The van der Waals surface area contributed by atoms with Crippen molar-refractivity contribution in [1.29, 1.82) is 0 Å². The Balaban J connectivity index is 1.25. The van der Waals surface area contributed by atoms with Crippen LogP contribution in [0, 0.1) is 0 Å². The van der Waals surface area contributed by atoms with E-state index in [0.717, 1.165) is 72.8 Å². The summed E-state index contributed by atoms with van der Waals surface area (Å²) in [4.78, 5) is 18.7. The van der Waals surface area contributed by atoms with Crippen LogP contribution in [0.3, 0.4) is 0 Å². The predicted octanol–water partition coefficient (Wildman–Crippen LogP) is 3.72. The monoisotopic (exact) mass is 540 g/mol. The van der Waals surface area contributed by atoms with E-state index in [9.17, 15) is 0 Å². The number of furan rings is 1. The third kappa shape index (κ3) is 4.58. The molecule has 0 saturated carbocycles. The van der Waals surface area contributed by atoms with E-state index in [-0.39, 0.29) is 6.04 Å². The summed E-state index contributed by atoms with van der Waals surface area (Å²) < 4.78 is 16.3. The summed E-state index contributed by atoms with van der Waals surface area (Å²) in [6, 6.07) is 7.97. The van der Waals surface area contributed by atoms with E-state index in [0.29, 0.717) is 29.9 Å². The molecule has 206 valence electrons. The average molecular weight is 541 g/mol. The zero-order valence-corrected chi connectivity index (χ0v) is 22.9. The van der Waals surface area contributed by atoms with Gasteiger partial charge in [-0.2, -0.15) is 10.2 Å². The van der Waals surface area contributed by atoms with Gasteiger partial charge < -0.3 is 19.4 Å². The largest absolute Gasteiger partial charge is 0.477 e. The summed E-state index contributed by atoms with van der Waals surface area (Å²) in [5.41, 5.74) is 2.49. The molecular formula is C28H32N10O2. The van der Waals surface area contributed by atoms with Crippen molar-refractivity contribution in [2.24, 2.45) is 7.05 Å². The Kier molecular flexibility index (Phi) is 6.20. The molecule has 7 heterocycles. The molecule has 1 unspecified atom stereocenters. The molecule has 7 rings (SSSR count). The lowest BCUT2D eigenvalue weighted by Crippen LogP contribution is -2.43. The van der Waals surface area contributed by atoms with Gasteiger partial charge in [0, 0.05) is 63.5 Å². The first-order chi connectivity index (χ1) is 19.5. The number of aromatic nitrogens is 7. The highest BCUT2D eigenvalue weighted by Gasteiger charge is 2.23. The molecule has 1 N–H and O–H groups in total. The first-order valence-corrected chi connectivity index (χ1v) is 13.7. The lowest BCUT2D eigenvalue weighted by atomic mass is 10.2. The maximum absolute atomic E-state index is 6.35. The lowest BCUT2D eigenvalue weighted by Gasteiger charge is -2.31. The predicted molar refractivity (Wildman–Crippen MR) is 150 cm³/mol. The first-order valence-electron chi connectivity index (χ1n) is 13.7. The van der Waals surface area contributed by atoms with E-state index in [1.54, 1.807) is 17.1 Å². The van der Waals surface area contributed by atoms with E-state index in [1.807, 2.05) is 36.1 Å². The smallest absolute Gasteiger partial charge is 0.222 e. The molecule has 40 heavy (non-hydrogen) atoms. The highest BCUT2D eigenvalue weighted by Crippen LogP contribution is 2.34. The average Bonchev–Trinajstić information content (AvgIpc) is 3.67. The molecule has 0 spiro atoms.